The molecule has 4 rings (SSSR count). The zero-order valence-corrected chi connectivity index (χ0v) is 17.6. The number of carbonyl (C=O) groups is 1. The van der Waals surface area contributed by atoms with Crippen LogP contribution in [0.25, 0.3) is 22.3 Å². The highest BCUT2D eigenvalue weighted by atomic mass is 19.2. The molecular formula is C25H17F3O6. The predicted octanol–water partition coefficient (Wildman–Crippen LogP) is 4.98. The van der Waals surface area contributed by atoms with Crippen LogP contribution in [0.2, 0.25) is 0 Å². The maximum Gasteiger partial charge on any atom is 0.306 e. The van der Waals surface area contributed by atoms with Gasteiger partial charge >= 0.3 is 5.97 Å². The Labute approximate surface area is 190 Å². The quantitative estimate of drug-likeness (QED) is 0.315. The van der Waals surface area contributed by atoms with Gasteiger partial charge in [-0.15, -0.1) is 0 Å². The summed E-state index contributed by atoms with van der Waals surface area (Å²) >= 11 is 0. The van der Waals surface area contributed by atoms with Gasteiger partial charge in [0.15, 0.2) is 22.9 Å². The van der Waals surface area contributed by atoms with E-state index in [2.05, 4.69) is 4.74 Å². The van der Waals surface area contributed by atoms with Crippen LogP contribution in [0.3, 0.4) is 0 Å². The van der Waals surface area contributed by atoms with Gasteiger partial charge < -0.3 is 19.4 Å². The van der Waals surface area contributed by atoms with Crippen LogP contribution in [0.1, 0.15) is 23.5 Å². The number of phenolic OH excluding ortho intramolecular Hbond substituents is 2. The van der Waals surface area contributed by atoms with E-state index in [4.69, 9.17) is 4.42 Å². The van der Waals surface area contributed by atoms with Crippen LogP contribution < -0.4 is 5.43 Å². The Hall–Kier alpha value is -4.27. The van der Waals surface area contributed by atoms with Gasteiger partial charge in [-0.05, 0) is 17.7 Å². The summed E-state index contributed by atoms with van der Waals surface area (Å²) < 4.78 is 52.3. The van der Waals surface area contributed by atoms with Crippen molar-refractivity contribution in [2.24, 2.45) is 0 Å². The molecule has 2 N–H and O–H groups in total. The smallest absolute Gasteiger partial charge is 0.306 e. The molecule has 1 atom stereocenters. The molecule has 0 radical (unpaired) electrons. The summed E-state index contributed by atoms with van der Waals surface area (Å²) in [5.74, 6) is -8.02. The molecular weight excluding hydrogens is 453 g/mol. The zero-order chi connectivity index (χ0) is 24.6. The summed E-state index contributed by atoms with van der Waals surface area (Å²) in [4.78, 5) is 25.1. The Bertz CT molecular complexity index is 1440. The van der Waals surface area contributed by atoms with Gasteiger partial charge in [0.25, 0.3) is 0 Å². The van der Waals surface area contributed by atoms with Gasteiger partial charge in [-0.25, -0.2) is 13.2 Å². The number of esters is 1. The first kappa shape index (κ1) is 22.9. The number of carbonyl (C=O) groups excluding carboxylic acids is 1. The SMILES string of the molecule is COC(=O)C[C@@H](c1cc(F)c(F)c(F)c1)c1c(O)cc(O)c2c(=O)cc(-c3ccccc3)oc12. The number of aromatic hydroxyl groups is 2. The molecule has 1 aromatic heterocycles. The topological polar surface area (TPSA) is 97.0 Å². The minimum atomic E-state index is -1.71. The minimum absolute atomic E-state index is 0.0811. The molecule has 0 saturated heterocycles. The summed E-state index contributed by atoms with van der Waals surface area (Å²) in [7, 11) is 1.09. The second-order valence-electron chi connectivity index (χ2n) is 7.50. The summed E-state index contributed by atoms with van der Waals surface area (Å²) in [6, 6.07) is 11.8. The first-order valence-corrected chi connectivity index (χ1v) is 10.0. The average molecular weight is 470 g/mol. The Morgan fingerprint density at radius 2 is 1.65 bits per heavy atom. The molecule has 34 heavy (non-hydrogen) atoms. The predicted molar refractivity (Wildman–Crippen MR) is 116 cm³/mol. The number of hydrogen-bond donors (Lipinski definition) is 2. The van der Waals surface area contributed by atoms with Gasteiger partial charge in [-0.1, -0.05) is 30.3 Å². The van der Waals surface area contributed by atoms with Crippen molar-refractivity contribution in [3.8, 4) is 22.8 Å². The van der Waals surface area contributed by atoms with Crippen LogP contribution in [-0.4, -0.2) is 23.3 Å². The number of hydrogen-bond acceptors (Lipinski definition) is 6. The molecule has 0 fully saturated rings. The fraction of sp³-hybridized carbons (Fsp3) is 0.120. The molecule has 0 spiro atoms. The molecule has 0 aliphatic carbocycles. The number of phenols is 2. The zero-order valence-electron chi connectivity index (χ0n) is 17.6. The third kappa shape index (κ3) is 4.07. The van der Waals surface area contributed by atoms with Crippen molar-refractivity contribution in [1.82, 2.24) is 0 Å². The van der Waals surface area contributed by atoms with Crippen LogP contribution in [0, 0.1) is 17.5 Å². The van der Waals surface area contributed by atoms with Crippen LogP contribution in [0.4, 0.5) is 13.2 Å². The van der Waals surface area contributed by atoms with Crippen LogP contribution in [0.5, 0.6) is 11.5 Å². The molecule has 3 aromatic carbocycles. The molecule has 4 aromatic rings. The minimum Gasteiger partial charge on any atom is -0.507 e. The highest BCUT2D eigenvalue weighted by Gasteiger charge is 2.29. The number of benzene rings is 3. The third-order valence-electron chi connectivity index (χ3n) is 5.41. The fourth-order valence-electron chi connectivity index (χ4n) is 3.82. The molecule has 0 aliphatic heterocycles. The van der Waals surface area contributed by atoms with Gasteiger partial charge in [0, 0.05) is 29.2 Å². The normalized spacial score (nSPS) is 12.0. The molecule has 1 heterocycles. The highest BCUT2D eigenvalue weighted by molar-refractivity contribution is 5.90. The van der Waals surface area contributed by atoms with E-state index < -0.39 is 52.7 Å². The lowest BCUT2D eigenvalue weighted by Gasteiger charge is -2.20. The fourth-order valence-corrected chi connectivity index (χ4v) is 3.82. The van der Waals surface area contributed by atoms with E-state index in [-0.39, 0.29) is 27.9 Å². The second kappa shape index (κ2) is 8.93. The van der Waals surface area contributed by atoms with Crippen molar-refractivity contribution in [3.63, 3.8) is 0 Å². The number of fused-ring (bicyclic) bond motifs is 1. The van der Waals surface area contributed by atoms with Crippen LogP contribution in [-0.2, 0) is 9.53 Å². The lowest BCUT2D eigenvalue weighted by molar-refractivity contribution is -0.140. The van der Waals surface area contributed by atoms with E-state index in [1.807, 2.05) is 0 Å². The van der Waals surface area contributed by atoms with E-state index in [0.717, 1.165) is 19.2 Å². The molecule has 9 heteroatoms. The number of rotatable bonds is 5. The number of ether oxygens (including phenoxy) is 1. The van der Waals surface area contributed by atoms with Crippen molar-refractivity contribution in [2.45, 2.75) is 12.3 Å². The molecule has 0 amide bonds. The molecule has 0 bridgehead atoms. The van der Waals surface area contributed by atoms with Crippen molar-refractivity contribution >= 4 is 16.9 Å². The lowest BCUT2D eigenvalue weighted by Crippen LogP contribution is -2.13. The third-order valence-corrected chi connectivity index (χ3v) is 5.41. The van der Waals surface area contributed by atoms with Gasteiger partial charge in [0.05, 0.1) is 13.5 Å². The Morgan fingerprint density at radius 3 is 2.26 bits per heavy atom. The maximum absolute atomic E-state index is 14.1. The second-order valence-corrected chi connectivity index (χ2v) is 7.50. The first-order chi connectivity index (χ1) is 16.2. The van der Waals surface area contributed by atoms with Crippen LogP contribution >= 0.6 is 0 Å². The molecule has 0 aliphatic rings. The van der Waals surface area contributed by atoms with E-state index in [9.17, 15) is 33.0 Å². The Balaban J connectivity index is 2.07. The monoisotopic (exact) mass is 470 g/mol. The van der Waals surface area contributed by atoms with Crippen LogP contribution in [0.15, 0.2) is 63.8 Å². The lowest BCUT2D eigenvalue weighted by atomic mass is 9.86. The van der Waals surface area contributed by atoms with Crippen molar-refractivity contribution < 1.29 is 37.3 Å². The molecule has 174 valence electrons. The Morgan fingerprint density at radius 1 is 1.00 bits per heavy atom. The number of methoxy groups -OCH3 is 1. The van der Waals surface area contributed by atoms with E-state index >= 15 is 0 Å². The number of halogens is 3. The van der Waals surface area contributed by atoms with Gasteiger partial charge in [-0.3, -0.25) is 9.59 Å². The molecule has 0 unspecified atom stereocenters. The summed E-state index contributed by atoms with van der Waals surface area (Å²) in [6.07, 6.45) is -0.548. The summed E-state index contributed by atoms with van der Waals surface area (Å²) in [6.45, 7) is 0. The Kier molecular flexibility index (Phi) is 6.02. The van der Waals surface area contributed by atoms with Crippen molar-refractivity contribution in [2.75, 3.05) is 7.11 Å². The molecule has 0 saturated carbocycles. The van der Waals surface area contributed by atoms with E-state index in [0.29, 0.717) is 17.7 Å². The van der Waals surface area contributed by atoms with Gasteiger partial charge in [0.2, 0.25) is 0 Å². The van der Waals surface area contributed by atoms with E-state index in [1.54, 1.807) is 30.3 Å². The van der Waals surface area contributed by atoms with Gasteiger partial charge in [-0.2, -0.15) is 0 Å². The average Bonchev–Trinajstić information content (AvgIpc) is 2.81. The largest absolute Gasteiger partial charge is 0.507 e. The van der Waals surface area contributed by atoms with Gasteiger partial charge in [0.1, 0.15) is 28.2 Å². The molecule has 6 nitrogen and oxygen atoms in total. The standard InChI is InChI=1S/C25H17F3O6/c1-33-21(32)9-14(13-7-15(26)24(28)16(27)8-13)22-17(29)10-18(30)23-19(31)11-20(34-25(22)23)12-5-3-2-4-6-12/h2-8,10-11,14,29-30H,9H2,1H3/t14-/m0/s1. The summed E-state index contributed by atoms with van der Waals surface area (Å²) in [5, 5.41) is 20.7. The van der Waals surface area contributed by atoms with Crippen molar-refractivity contribution in [1.29, 1.82) is 0 Å². The first-order valence-electron chi connectivity index (χ1n) is 10.0. The van der Waals surface area contributed by atoms with Crippen molar-refractivity contribution in [3.05, 3.63) is 93.4 Å². The van der Waals surface area contributed by atoms with E-state index in [1.165, 1.54) is 0 Å². The maximum atomic E-state index is 14.1. The summed E-state index contributed by atoms with van der Waals surface area (Å²) in [5.41, 5.74) is -0.899. The highest BCUT2D eigenvalue weighted by Crippen LogP contribution is 2.43.